The topological polar surface area (TPSA) is 13.0 Å². The molecular weight excluding hydrogens is 1350 g/mol. The number of fused-ring (bicyclic) bond motifs is 4. The molecule has 0 heterocycles. The van der Waals surface area contributed by atoms with Crippen LogP contribution in [0.2, 0.25) is 0 Å². The van der Waals surface area contributed by atoms with Gasteiger partial charge in [-0.05, 0) is 332 Å². The number of anilines is 12. The van der Waals surface area contributed by atoms with Crippen LogP contribution in [0.5, 0.6) is 0 Å². The van der Waals surface area contributed by atoms with E-state index in [1.54, 1.807) is 0 Å². The van der Waals surface area contributed by atoms with Gasteiger partial charge < -0.3 is 19.6 Å². The fraction of sp³-hybridized carbons (Fsp3) is 0.0741. The normalized spacial score (nSPS) is 11.4. The van der Waals surface area contributed by atoms with Crippen molar-refractivity contribution in [1.29, 1.82) is 0 Å². The van der Waals surface area contributed by atoms with E-state index < -0.39 is 0 Å². The maximum Gasteiger partial charge on any atom is 0.0488 e. The Bertz CT molecular complexity index is 5720. The van der Waals surface area contributed by atoms with Crippen molar-refractivity contribution in [3.8, 4) is 55.6 Å². The second-order valence-corrected chi connectivity index (χ2v) is 30.4. The molecule has 0 saturated heterocycles. The van der Waals surface area contributed by atoms with E-state index in [9.17, 15) is 0 Å². The summed E-state index contributed by atoms with van der Waals surface area (Å²) in [5, 5.41) is 9.64. The van der Waals surface area contributed by atoms with Crippen LogP contribution in [-0.2, 0) is 0 Å². The van der Waals surface area contributed by atoms with Gasteiger partial charge in [-0.3, -0.25) is 0 Å². The first-order valence-corrected chi connectivity index (χ1v) is 38.9. The molecule has 0 amide bonds. The number of benzene rings is 18. The highest BCUT2D eigenvalue weighted by atomic mass is 15.2. The lowest BCUT2D eigenvalue weighted by Crippen LogP contribution is -2.14. The molecule has 0 N–H and O–H groups in total. The van der Waals surface area contributed by atoms with Gasteiger partial charge in [0.2, 0.25) is 0 Å². The molecule has 0 spiro atoms. The number of aryl methyl sites for hydroxylation is 8. The van der Waals surface area contributed by atoms with Crippen molar-refractivity contribution >= 4 is 111 Å². The molecule has 0 radical (unpaired) electrons. The smallest absolute Gasteiger partial charge is 0.0488 e. The van der Waals surface area contributed by atoms with Crippen molar-refractivity contribution in [2.45, 2.75) is 55.4 Å². The first-order chi connectivity index (χ1) is 54.8. The summed E-state index contributed by atoms with van der Waals surface area (Å²) >= 11 is 0. The summed E-state index contributed by atoms with van der Waals surface area (Å²) in [4.78, 5) is 9.67. The lowest BCUT2D eigenvalue weighted by atomic mass is 9.81. The van der Waals surface area contributed by atoms with E-state index in [0.717, 1.165) is 102 Å². The van der Waals surface area contributed by atoms with Crippen LogP contribution in [0.3, 0.4) is 0 Å². The molecule has 0 bridgehead atoms. The lowest BCUT2D eigenvalue weighted by molar-refractivity contribution is 1.23. The number of rotatable bonds is 17. The Balaban J connectivity index is 0.775. The summed E-state index contributed by atoms with van der Waals surface area (Å²) in [6.45, 7) is 17.4. The van der Waals surface area contributed by atoms with Crippen LogP contribution >= 0.6 is 0 Å². The lowest BCUT2D eigenvalue weighted by Gasteiger charge is -2.31. The Morgan fingerprint density at radius 1 is 0.125 bits per heavy atom. The Hall–Kier alpha value is -13.8. The third kappa shape index (κ3) is 13.5. The van der Waals surface area contributed by atoms with Gasteiger partial charge in [-0.1, -0.05) is 243 Å². The summed E-state index contributed by atoms with van der Waals surface area (Å²) in [6.07, 6.45) is 0. The fourth-order valence-electron chi connectivity index (χ4n) is 17.0. The van der Waals surface area contributed by atoms with Gasteiger partial charge in [0.15, 0.2) is 0 Å². The maximum absolute atomic E-state index is 2.42. The van der Waals surface area contributed by atoms with Gasteiger partial charge >= 0.3 is 0 Å². The largest absolute Gasteiger partial charge is 0.310 e. The van der Waals surface area contributed by atoms with Crippen LogP contribution in [0.25, 0.3) is 98.7 Å². The molecule has 538 valence electrons. The highest BCUT2D eigenvalue weighted by molar-refractivity contribution is 6.30. The first kappa shape index (κ1) is 69.9. The minimum Gasteiger partial charge on any atom is -0.310 e. The minimum atomic E-state index is 1.06. The Morgan fingerprint density at radius 3 is 0.473 bits per heavy atom. The number of hydrogen-bond donors (Lipinski definition) is 0. The first-order valence-electron chi connectivity index (χ1n) is 38.9. The third-order valence-corrected chi connectivity index (χ3v) is 22.0. The molecular formula is C108H86N4. The molecule has 0 aliphatic carbocycles. The van der Waals surface area contributed by atoms with Crippen molar-refractivity contribution in [1.82, 2.24) is 0 Å². The van der Waals surface area contributed by atoms with Gasteiger partial charge in [-0.25, -0.2) is 0 Å². The van der Waals surface area contributed by atoms with E-state index in [1.165, 1.54) is 110 Å². The van der Waals surface area contributed by atoms with Crippen LogP contribution in [0.15, 0.2) is 376 Å². The molecule has 112 heavy (non-hydrogen) atoms. The van der Waals surface area contributed by atoms with Gasteiger partial charge in [-0.2, -0.15) is 0 Å². The molecule has 18 aromatic carbocycles. The van der Waals surface area contributed by atoms with Gasteiger partial charge in [0.1, 0.15) is 0 Å². The van der Waals surface area contributed by atoms with Crippen molar-refractivity contribution in [3.05, 3.63) is 421 Å². The number of hydrogen-bond acceptors (Lipinski definition) is 4. The van der Waals surface area contributed by atoms with Crippen LogP contribution in [0.4, 0.5) is 68.2 Å². The molecule has 0 atom stereocenters. The van der Waals surface area contributed by atoms with E-state index in [4.69, 9.17) is 0 Å². The highest BCUT2D eigenvalue weighted by Gasteiger charge is 2.27. The second kappa shape index (κ2) is 29.6. The zero-order valence-electron chi connectivity index (χ0n) is 64.6. The SMILES string of the molecule is Cc1cccc(N(c2cccc(C)c2)c2cc(-c3ccc(-c4c5ccccc5c(-c5c6ccccc6c(-c6ccc(-c7cc(N(c8cccc(C)c8)c8cccc(C)c8)cc(N(c8cccc(C)c8)c8cccc(C)c8)c7)cc6)c6ccccc56)c5ccccc45)cc3)cc(N(c3cccc(C)c3)c3cccc(C)c3)c2)c1. The van der Waals surface area contributed by atoms with Crippen LogP contribution in [0, 0.1) is 55.4 Å². The average molecular weight is 1440 g/mol. The van der Waals surface area contributed by atoms with E-state index in [-0.39, 0.29) is 0 Å². The Kier molecular flexibility index (Phi) is 18.5. The van der Waals surface area contributed by atoms with Crippen molar-refractivity contribution < 1.29 is 0 Å². The zero-order valence-corrected chi connectivity index (χ0v) is 64.6. The van der Waals surface area contributed by atoms with Gasteiger partial charge in [0.25, 0.3) is 0 Å². The standard InChI is InChI=1S/C108H86N4/c1-71-25-17-33-85(57-71)109(86-34-18-26-72(2)58-86)93-65-83(66-94(69-93)110(87-35-19-27-73(3)59-87)88-36-20-28-74(4)60-88)79-49-53-81(54-50-79)105-97-41-9-13-45-101(97)107(102-46-14-10-42-98(102)105)108-103-47-15-11-43-99(103)106(100-44-12-16-48-104(100)108)82-55-51-80(52-56-82)84-67-95(111(89-37-21-29-75(5)61-89)90-38-22-30-76(6)62-90)70-96(68-84)112(91-39-23-31-77(7)63-91)92-40-24-32-78(8)64-92/h9-70H,1-8H3. The predicted octanol–water partition coefficient (Wildman–Crippen LogP) is 31.0. The number of nitrogens with zero attached hydrogens (tertiary/aromatic N) is 4. The van der Waals surface area contributed by atoms with Crippen LogP contribution in [0.1, 0.15) is 44.5 Å². The van der Waals surface area contributed by atoms with Gasteiger partial charge in [0.05, 0.1) is 0 Å². The molecule has 18 rings (SSSR count). The molecule has 0 fully saturated rings. The molecule has 4 heteroatoms. The summed E-state index contributed by atoms with van der Waals surface area (Å²) in [5.41, 5.74) is 34.3. The molecule has 0 aliphatic heterocycles. The Labute approximate surface area is 658 Å². The molecule has 0 aliphatic rings. The second-order valence-electron chi connectivity index (χ2n) is 30.4. The van der Waals surface area contributed by atoms with Gasteiger partial charge in [-0.15, -0.1) is 0 Å². The highest BCUT2D eigenvalue weighted by Crippen LogP contribution is 2.53. The summed E-state index contributed by atoms with van der Waals surface area (Å²) in [5.74, 6) is 0. The van der Waals surface area contributed by atoms with Crippen molar-refractivity contribution in [3.63, 3.8) is 0 Å². The molecule has 0 unspecified atom stereocenters. The predicted molar refractivity (Wildman–Crippen MR) is 480 cm³/mol. The Morgan fingerprint density at radius 2 is 0.295 bits per heavy atom. The molecule has 18 aromatic rings. The average Bonchev–Trinajstić information content (AvgIpc) is 0.709. The van der Waals surface area contributed by atoms with Crippen molar-refractivity contribution in [2.24, 2.45) is 0 Å². The summed E-state index contributed by atoms with van der Waals surface area (Å²) < 4.78 is 0. The van der Waals surface area contributed by atoms with E-state index >= 15 is 0 Å². The van der Waals surface area contributed by atoms with E-state index in [2.05, 4.69) is 451 Å². The third-order valence-electron chi connectivity index (χ3n) is 22.0. The molecule has 0 saturated carbocycles. The van der Waals surface area contributed by atoms with Gasteiger partial charge in [0, 0.05) is 68.2 Å². The molecule has 0 aromatic heterocycles. The van der Waals surface area contributed by atoms with Crippen LogP contribution < -0.4 is 19.6 Å². The zero-order chi connectivity index (χ0) is 76.1. The quantitative estimate of drug-likeness (QED) is 0.0843. The summed E-state index contributed by atoms with van der Waals surface area (Å²) in [7, 11) is 0. The van der Waals surface area contributed by atoms with Crippen LogP contribution in [-0.4, -0.2) is 0 Å². The van der Waals surface area contributed by atoms with E-state index in [0.29, 0.717) is 0 Å². The molecule has 4 nitrogen and oxygen atoms in total. The summed E-state index contributed by atoms with van der Waals surface area (Å²) in [6, 6.07) is 140. The fourth-order valence-corrected chi connectivity index (χ4v) is 17.0. The minimum absolute atomic E-state index is 1.06. The monoisotopic (exact) mass is 1440 g/mol. The van der Waals surface area contributed by atoms with E-state index in [1.807, 2.05) is 0 Å². The maximum atomic E-state index is 2.42. The van der Waals surface area contributed by atoms with Crippen molar-refractivity contribution in [2.75, 3.05) is 19.6 Å².